The number of hydrogen-bond donors (Lipinski definition) is 1. The third-order valence-corrected chi connectivity index (χ3v) is 4.05. The molecule has 0 fully saturated rings. The van der Waals surface area contributed by atoms with Crippen molar-refractivity contribution in [2.45, 2.75) is 38.8 Å². The summed E-state index contributed by atoms with van der Waals surface area (Å²) in [5.74, 6) is 0.156. The number of nitrogens with one attached hydrogen (secondary N) is 1. The Kier molecular flexibility index (Phi) is 3.23. The van der Waals surface area contributed by atoms with Crippen LogP contribution in [-0.2, 0) is 11.2 Å². The first-order valence-corrected chi connectivity index (χ1v) is 6.74. The lowest BCUT2D eigenvalue weighted by Crippen LogP contribution is -2.49. The zero-order valence-electron chi connectivity index (χ0n) is 10.8. The van der Waals surface area contributed by atoms with Crippen LogP contribution >= 0.6 is 11.3 Å². The highest BCUT2D eigenvalue weighted by atomic mass is 32.1. The molecule has 17 heavy (non-hydrogen) atoms. The summed E-state index contributed by atoms with van der Waals surface area (Å²) >= 11 is 1.57. The molecule has 1 amide bonds. The molecule has 2 heterocycles. The lowest BCUT2D eigenvalue weighted by molar-refractivity contribution is -0.137. The van der Waals surface area contributed by atoms with E-state index in [1.807, 2.05) is 17.5 Å². The minimum absolute atomic E-state index is 0.139. The van der Waals surface area contributed by atoms with Gasteiger partial charge in [-0.1, -0.05) is 0 Å². The quantitative estimate of drug-likeness (QED) is 0.826. The Morgan fingerprint density at radius 1 is 1.53 bits per heavy atom. The van der Waals surface area contributed by atoms with Gasteiger partial charge in [-0.2, -0.15) is 0 Å². The third-order valence-electron chi connectivity index (χ3n) is 3.12. The zero-order chi connectivity index (χ0) is 12.6. The molecule has 1 aliphatic heterocycles. The second-order valence-corrected chi connectivity index (χ2v) is 6.18. The first-order chi connectivity index (χ1) is 7.95. The van der Waals surface area contributed by atoms with Crippen molar-refractivity contribution < 1.29 is 4.79 Å². The van der Waals surface area contributed by atoms with Crippen LogP contribution in [0.2, 0.25) is 0 Å². The second kappa shape index (κ2) is 4.38. The van der Waals surface area contributed by atoms with E-state index in [9.17, 15) is 4.79 Å². The second-order valence-electron chi connectivity index (χ2n) is 5.30. The van der Waals surface area contributed by atoms with E-state index >= 15 is 0 Å². The van der Waals surface area contributed by atoms with Gasteiger partial charge in [0.05, 0.1) is 16.1 Å². The summed E-state index contributed by atoms with van der Waals surface area (Å²) < 4.78 is 0. The van der Waals surface area contributed by atoms with Crippen molar-refractivity contribution in [1.82, 2.24) is 15.2 Å². The average Bonchev–Trinajstić information content (AvgIpc) is 2.61. The highest BCUT2D eigenvalue weighted by Crippen LogP contribution is 2.30. The van der Waals surface area contributed by atoms with Gasteiger partial charge in [-0.3, -0.25) is 4.79 Å². The SMILES string of the molecule is CNC1C(=O)N(C(C)(C)C)CCc2ncsc21. The molecule has 1 aromatic rings. The van der Waals surface area contributed by atoms with Crippen LogP contribution in [0, 0.1) is 0 Å². The Labute approximate surface area is 106 Å². The minimum Gasteiger partial charge on any atom is -0.336 e. The number of rotatable bonds is 1. The lowest BCUT2D eigenvalue weighted by Gasteiger charge is -2.36. The molecule has 0 saturated carbocycles. The van der Waals surface area contributed by atoms with Crippen LogP contribution in [-0.4, -0.2) is 34.9 Å². The predicted molar refractivity (Wildman–Crippen MR) is 69.1 cm³/mol. The van der Waals surface area contributed by atoms with E-state index < -0.39 is 0 Å². The molecular weight excluding hydrogens is 234 g/mol. The van der Waals surface area contributed by atoms with Crippen molar-refractivity contribution >= 4 is 17.2 Å². The van der Waals surface area contributed by atoms with Crippen molar-refractivity contribution in [3.05, 3.63) is 16.1 Å². The Bertz CT molecular complexity index is 422. The van der Waals surface area contributed by atoms with Gasteiger partial charge in [0.25, 0.3) is 0 Å². The molecule has 4 nitrogen and oxygen atoms in total. The van der Waals surface area contributed by atoms with Crippen molar-refractivity contribution in [3.63, 3.8) is 0 Å². The summed E-state index contributed by atoms with van der Waals surface area (Å²) in [5, 5.41) is 3.12. The van der Waals surface area contributed by atoms with Crippen LogP contribution in [0.5, 0.6) is 0 Å². The topological polar surface area (TPSA) is 45.2 Å². The Balaban J connectivity index is 2.38. The van der Waals surface area contributed by atoms with Crippen molar-refractivity contribution in [1.29, 1.82) is 0 Å². The van der Waals surface area contributed by atoms with Crippen LogP contribution in [0.25, 0.3) is 0 Å². The van der Waals surface area contributed by atoms with E-state index in [2.05, 4.69) is 31.1 Å². The molecule has 5 heteroatoms. The van der Waals surface area contributed by atoms with Gasteiger partial charge < -0.3 is 10.2 Å². The van der Waals surface area contributed by atoms with Crippen LogP contribution in [0.1, 0.15) is 37.4 Å². The first kappa shape index (κ1) is 12.5. The molecule has 1 aromatic heterocycles. The summed E-state index contributed by atoms with van der Waals surface area (Å²) in [6.45, 7) is 6.97. The monoisotopic (exact) mass is 253 g/mol. The zero-order valence-corrected chi connectivity index (χ0v) is 11.6. The number of carbonyl (C=O) groups is 1. The molecule has 0 aliphatic carbocycles. The lowest BCUT2D eigenvalue weighted by atomic mass is 10.0. The molecule has 1 unspecified atom stereocenters. The maximum atomic E-state index is 12.5. The molecule has 0 radical (unpaired) electrons. The molecule has 1 atom stereocenters. The highest BCUT2D eigenvalue weighted by Gasteiger charge is 2.36. The fourth-order valence-corrected chi connectivity index (χ4v) is 3.16. The van der Waals surface area contributed by atoms with Gasteiger partial charge in [-0.15, -0.1) is 11.3 Å². The van der Waals surface area contributed by atoms with Crippen LogP contribution in [0.4, 0.5) is 0 Å². The van der Waals surface area contributed by atoms with Gasteiger partial charge in [0, 0.05) is 18.5 Å². The van der Waals surface area contributed by atoms with E-state index in [-0.39, 0.29) is 17.5 Å². The number of thiazole rings is 1. The molecular formula is C12H19N3OS. The number of carbonyl (C=O) groups excluding carboxylic acids is 1. The van der Waals surface area contributed by atoms with Gasteiger partial charge in [-0.25, -0.2) is 4.98 Å². The van der Waals surface area contributed by atoms with Gasteiger partial charge in [0.15, 0.2) is 0 Å². The smallest absolute Gasteiger partial charge is 0.245 e. The van der Waals surface area contributed by atoms with Crippen LogP contribution in [0.15, 0.2) is 5.51 Å². The predicted octanol–water partition coefficient (Wildman–Crippen LogP) is 1.59. The van der Waals surface area contributed by atoms with Gasteiger partial charge in [0.2, 0.25) is 5.91 Å². The maximum absolute atomic E-state index is 12.5. The number of amides is 1. The Hall–Kier alpha value is -0.940. The molecule has 0 spiro atoms. The van der Waals surface area contributed by atoms with Gasteiger partial charge in [-0.05, 0) is 27.8 Å². The summed E-state index contributed by atoms with van der Waals surface area (Å²) in [6.07, 6.45) is 0.847. The van der Waals surface area contributed by atoms with E-state index in [1.54, 1.807) is 11.3 Å². The van der Waals surface area contributed by atoms with E-state index in [4.69, 9.17) is 0 Å². The normalized spacial score (nSPS) is 21.3. The Morgan fingerprint density at radius 3 is 2.82 bits per heavy atom. The number of likely N-dealkylation sites (N-methyl/N-ethyl adjacent to an activating group) is 1. The Morgan fingerprint density at radius 2 is 2.24 bits per heavy atom. The van der Waals surface area contributed by atoms with Gasteiger partial charge >= 0.3 is 0 Å². The maximum Gasteiger partial charge on any atom is 0.245 e. The van der Waals surface area contributed by atoms with Crippen molar-refractivity contribution in [3.8, 4) is 0 Å². The summed E-state index contributed by atoms with van der Waals surface area (Å²) in [4.78, 5) is 19.9. The van der Waals surface area contributed by atoms with E-state index in [0.29, 0.717) is 0 Å². The van der Waals surface area contributed by atoms with E-state index in [1.165, 1.54) is 0 Å². The molecule has 1 aliphatic rings. The molecule has 0 saturated heterocycles. The summed E-state index contributed by atoms with van der Waals surface area (Å²) in [6, 6.07) is -0.237. The molecule has 1 N–H and O–H groups in total. The fourth-order valence-electron chi connectivity index (χ4n) is 2.22. The first-order valence-electron chi connectivity index (χ1n) is 5.86. The highest BCUT2D eigenvalue weighted by molar-refractivity contribution is 7.10. The summed E-state index contributed by atoms with van der Waals surface area (Å²) in [7, 11) is 1.83. The largest absolute Gasteiger partial charge is 0.336 e. The standard InChI is InChI=1S/C12H19N3OS/c1-12(2,3)15-6-5-8-10(17-7-14-8)9(13-4)11(15)16/h7,9,13H,5-6H2,1-4H3. The fraction of sp³-hybridized carbons (Fsp3) is 0.667. The van der Waals surface area contributed by atoms with E-state index in [0.717, 1.165) is 23.5 Å². The van der Waals surface area contributed by atoms with Crippen LogP contribution in [0.3, 0.4) is 0 Å². The molecule has 0 bridgehead atoms. The number of aromatic nitrogens is 1. The average molecular weight is 253 g/mol. The molecule has 2 rings (SSSR count). The van der Waals surface area contributed by atoms with Gasteiger partial charge in [0.1, 0.15) is 6.04 Å². The van der Waals surface area contributed by atoms with Crippen LogP contribution < -0.4 is 5.32 Å². The molecule has 94 valence electrons. The number of nitrogens with zero attached hydrogens (tertiary/aromatic N) is 2. The number of fused-ring (bicyclic) bond motifs is 1. The number of hydrogen-bond acceptors (Lipinski definition) is 4. The van der Waals surface area contributed by atoms with Crippen molar-refractivity contribution in [2.75, 3.05) is 13.6 Å². The minimum atomic E-state index is -0.237. The third kappa shape index (κ3) is 2.21. The summed E-state index contributed by atoms with van der Waals surface area (Å²) in [5.41, 5.74) is 2.75. The van der Waals surface area contributed by atoms with Crippen molar-refractivity contribution in [2.24, 2.45) is 0 Å². The molecule has 0 aromatic carbocycles.